The van der Waals surface area contributed by atoms with Gasteiger partial charge in [-0.15, -0.1) is 0 Å². The molecule has 7 heteroatoms. The SMILES string of the molecule is CCCCCN(C)C(=O)c1c(Cl)cccc1S(N)(=O)=O. The van der Waals surface area contributed by atoms with Gasteiger partial charge < -0.3 is 4.90 Å². The van der Waals surface area contributed by atoms with Crippen molar-refractivity contribution in [3.63, 3.8) is 0 Å². The quantitative estimate of drug-likeness (QED) is 0.817. The van der Waals surface area contributed by atoms with Gasteiger partial charge in [-0.25, -0.2) is 13.6 Å². The third-order valence-electron chi connectivity index (χ3n) is 2.94. The van der Waals surface area contributed by atoms with Crippen LogP contribution >= 0.6 is 11.6 Å². The van der Waals surface area contributed by atoms with Crippen LogP contribution in [0.25, 0.3) is 0 Å². The largest absolute Gasteiger partial charge is 0.342 e. The lowest BCUT2D eigenvalue weighted by Gasteiger charge is -2.19. The van der Waals surface area contributed by atoms with Gasteiger partial charge in [0.25, 0.3) is 5.91 Å². The molecule has 0 aliphatic carbocycles. The van der Waals surface area contributed by atoms with Crippen LogP contribution in [0.5, 0.6) is 0 Å². The molecule has 0 saturated heterocycles. The minimum atomic E-state index is -3.99. The minimum absolute atomic E-state index is 0.0596. The molecule has 20 heavy (non-hydrogen) atoms. The van der Waals surface area contributed by atoms with E-state index in [0.717, 1.165) is 19.3 Å². The Balaban J connectivity index is 3.10. The molecule has 0 heterocycles. The summed E-state index contributed by atoms with van der Waals surface area (Å²) in [5, 5.41) is 5.22. The summed E-state index contributed by atoms with van der Waals surface area (Å²) in [5.74, 6) is -0.435. The standard InChI is InChI=1S/C13H19ClN2O3S/c1-3-4-5-9-16(2)13(17)12-10(14)7-6-8-11(12)20(15,18)19/h6-8H,3-5,9H2,1-2H3,(H2,15,18,19). The van der Waals surface area contributed by atoms with Crippen LogP contribution in [-0.4, -0.2) is 32.8 Å². The summed E-state index contributed by atoms with van der Waals surface area (Å²) < 4.78 is 23.1. The van der Waals surface area contributed by atoms with Crippen molar-refractivity contribution in [2.45, 2.75) is 31.1 Å². The Morgan fingerprint density at radius 2 is 2.00 bits per heavy atom. The number of nitrogens with two attached hydrogens (primary N) is 1. The number of hydrogen-bond acceptors (Lipinski definition) is 3. The average molecular weight is 319 g/mol. The van der Waals surface area contributed by atoms with Crippen molar-refractivity contribution in [1.29, 1.82) is 0 Å². The topological polar surface area (TPSA) is 80.5 Å². The molecule has 5 nitrogen and oxygen atoms in total. The van der Waals surface area contributed by atoms with Crippen LogP contribution in [0.2, 0.25) is 5.02 Å². The first-order chi connectivity index (χ1) is 9.29. The zero-order chi connectivity index (χ0) is 15.3. The van der Waals surface area contributed by atoms with Crippen LogP contribution in [0.4, 0.5) is 0 Å². The van der Waals surface area contributed by atoms with Crippen molar-refractivity contribution >= 4 is 27.5 Å². The van der Waals surface area contributed by atoms with Crippen molar-refractivity contribution in [2.75, 3.05) is 13.6 Å². The van der Waals surface area contributed by atoms with Gasteiger partial charge in [-0.2, -0.15) is 0 Å². The van der Waals surface area contributed by atoms with Crippen LogP contribution in [0.1, 0.15) is 36.5 Å². The number of sulfonamides is 1. The van der Waals surface area contributed by atoms with Gasteiger partial charge in [0, 0.05) is 13.6 Å². The zero-order valence-corrected chi connectivity index (χ0v) is 13.2. The Hall–Kier alpha value is -1.11. The maximum atomic E-state index is 12.3. The molecule has 0 spiro atoms. The molecule has 0 atom stereocenters. The number of nitrogens with zero attached hydrogens (tertiary/aromatic N) is 1. The number of halogens is 1. The Morgan fingerprint density at radius 3 is 2.55 bits per heavy atom. The van der Waals surface area contributed by atoms with Crippen LogP contribution in [0, 0.1) is 0 Å². The van der Waals surface area contributed by atoms with Crippen LogP contribution in [-0.2, 0) is 10.0 Å². The normalized spacial score (nSPS) is 11.4. The predicted octanol–water partition coefficient (Wildman–Crippen LogP) is 2.25. The lowest BCUT2D eigenvalue weighted by Crippen LogP contribution is -2.30. The maximum absolute atomic E-state index is 12.3. The molecule has 0 bridgehead atoms. The minimum Gasteiger partial charge on any atom is -0.342 e. The summed E-state index contributed by atoms with van der Waals surface area (Å²) in [6.07, 6.45) is 2.90. The molecule has 1 amide bonds. The van der Waals surface area contributed by atoms with Gasteiger partial charge in [0.2, 0.25) is 10.0 Å². The van der Waals surface area contributed by atoms with Gasteiger partial charge in [-0.3, -0.25) is 4.79 Å². The monoisotopic (exact) mass is 318 g/mol. The number of carbonyl (C=O) groups is 1. The molecule has 0 saturated carbocycles. The number of carbonyl (C=O) groups excluding carboxylic acids is 1. The Bertz CT molecular complexity index is 587. The summed E-state index contributed by atoms with van der Waals surface area (Å²) in [7, 11) is -2.37. The molecule has 1 aromatic rings. The van der Waals surface area contributed by atoms with E-state index in [1.807, 2.05) is 0 Å². The second-order valence-corrected chi connectivity index (χ2v) is 6.53. The molecule has 0 radical (unpaired) electrons. The highest BCUT2D eigenvalue weighted by molar-refractivity contribution is 7.89. The first-order valence-corrected chi connectivity index (χ1v) is 8.28. The second kappa shape index (κ2) is 7.06. The van der Waals surface area contributed by atoms with E-state index in [1.54, 1.807) is 7.05 Å². The Kier molecular flexibility index (Phi) is 5.98. The molecule has 0 unspecified atom stereocenters. The first kappa shape index (κ1) is 16.9. The molecule has 0 aliphatic rings. The predicted molar refractivity (Wildman–Crippen MR) is 79.3 cm³/mol. The molecule has 0 aliphatic heterocycles. The van der Waals surface area contributed by atoms with E-state index in [4.69, 9.17) is 16.7 Å². The van der Waals surface area contributed by atoms with Gasteiger partial charge in [0.15, 0.2) is 0 Å². The fourth-order valence-electron chi connectivity index (χ4n) is 1.84. The molecule has 1 rings (SSSR count). The van der Waals surface area contributed by atoms with E-state index in [2.05, 4.69) is 6.92 Å². The molecule has 0 aromatic heterocycles. The molecule has 1 aromatic carbocycles. The van der Waals surface area contributed by atoms with Crippen molar-refractivity contribution in [1.82, 2.24) is 4.90 Å². The summed E-state index contributed by atoms with van der Waals surface area (Å²) in [5.41, 5.74) is -0.0596. The van der Waals surface area contributed by atoms with Gasteiger partial charge >= 0.3 is 0 Å². The van der Waals surface area contributed by atoms with Gasteiger partial charge in [0.05, 0.1) is 15.5 Å². The highest BCUT2D eigenvalue weighted by atomic mass is 35.5. The zero-order valence-electron chi connectivity index (χ0n) is 11.6. The van der Waals surface area contributed by atoms with E-state index >= 15 is 0 Å². The van der Waals surface area contributed by atoms with Crippen molar-refractivity contribution in [3.05, 3.63) is 28.8 Å². The first-order valence-electron chi connectivity index (χ1n) is 6.35. The third kappa shape index (κ3) is 4.19. The third-order valence-corrected chi connectivity index (χ3v) is 4.21. The van der Waals surface area contributed by atoms with E-state index in [1.165, 1.54) is 23.1 Å². The Morgan fingerprint density at radius 1 is 1.35 bits per heavy atom. The maximum Gasteiger partial charge on any atom is 0.256 e. The van der Waals surface area contributed by atoms with Crippen LogP contribution in [0.15, 0.2) is 23.1 Å². The Labute approximate surface area is 124 Å². The number of rotatable bonds is 6. The van der Waals surface area contributed by atoms with Crippen LogP contribution < -0.4 is 5.14 Å². The van der Waals surface area contributed by atoms with E-state index < -0.39 is 15.9 Å². The van der Waals surface area contributed by atoms with E-state index in [0.29, 0.717) is 6.54 Å². The number of amides is 1. The van der Waals surface area contributed by atoms with E-state index in [-0.39, 0.29) is 15.5 Å². The van der Waals surface area contributed by atoms with Crippen molar-refractivity contribution in [3.8, 4) is 0 Å². The summed E-state index contributed by atoms with van der Waals surface area (Å²) in [4.78, 5) is 13.6. The average Bonchev–Trinajstić information content (AvgIpc) is 2.36. The highest BCUT2D eigenvalue weighted by Crippen LogP contribution is 2.24. The highest BCUT2D eigenvalue weighted by Gasteiger charge is 2.24. The number of hydrogen-bond donors (Lipinski definition) is 1. The number of primary sulfonamides is 1. The second-order valence-electron chi connectivity index (χ2n) is 4.59. The van der Waals surface area contributed by atoms with Gasteiger partial charge in [-0.1, -0.05) is 37.4 Å². The van der Waals surface area contributed by atoms with Gasteiger partial charge in [0.1, 0.15) is 0 Å². The lowest BCUT2D eigenvalue weighted by molar-refractivity contribution is 0.0789. The molecule has 112 valence electrons. The fraction of sp³-hybridized carbons (Fsp3) is 0.462. The number of unbranched alkanes of at least 4 members (excludes halogenated alkanes) is 2. The smallest absolute Gasteiger partial charge is 0.256 e. The van der Waals surface area contributed by atoms with Crippen molar-refractivity contribution < 1.29 is 13.2 Å². The van der Waals surface area contributed by atoms with Gasteiger partial charge in [-0.05, 0) is 18.6 Å². The molecular formula is C13H19ClN2O3S. The van der Waals surface area contributed by atoms with Crippen LogP contribution in [0.3, 0.4) is 0 Å². The van der Waals surface area contributed by atoms with Crippen molar-refractivity contribution in [2.24, 2.45) is 5.14 Å². The fourth-order valence-corrected chi connectivity index (χ4v) is 2.90. The molecular weight excluding hydrogens is 300 g/mol. The summed E-state index contributed by atoms with van der Waals surface area (Å²) in [6.45, 7) is 2.61. The lowest BCUT2D eigenvalue weighted by atomic mass is 10.2. The molecule has 2 N–H and O–H groups in total. The summed E-state index contributed by atoms with van der Waals surface area (Å²) >= 11 is 5.97. The molecule has 0 fully saturated rings. The summed E-state index contributed by atoms with van der Waals surface area (Å²) in [6, 6.07) is 4.22. The van der Waals surface area contributed by atoms with E-state index in [9.17, 15) is 13.2 Å². The number of benzene rings is 1.